The Kier molecular flexibility index (Phi) is 9.49. The van der Waals surface area contributed by atoms with Crippen molar-refractivity contribution in [3.8, 4) is 55.9 Å². The minimum Gasteiger partial charge on any atom is -0.299 e. The van der Waals surface area contributed by atoms with Crippen LogP contribution in [0.1, 0.15) is 29.5 Å². The second-order valence-corrected chi connectivity index (χ2v) is 14.3. The van der Waals surface area contributed by atoms with Gasteiger partial charge in [-0.05, 0) is 93.4 Å². The first kappa shape index (κ1) is 34.7. The molecular weight excluding hydrogens is 679 g/mol. The second-order valence-electron chi connectivity index (χ2n) is 14.3. The van der Waals surface area contributed by atoms with Crippen LogP contribution in [-0.4, -0.2) is 15.1 Å². The summed E-state index contributed by atoms with van der Waals surface area (Å²) in [6, 6.07) is 71.1. The Morgan fingerprint density at radius 3 is 1.61 bits per heavy atom. The predicted molar refractivity (Wildman–Crippen MR) is 235 cm³/mol. The van der Waals surface area contributed by atoms with Gasteiger partial charge in [-0.25, -0.2) is 4.98 Å². The Bertz CT molecular complexity index is 2780. The molecule has 2 aromatic heterocycles. The van der Waals surface area contributed by atoms with Gasteiger partial charge in [-0.2, -0.15) is 0 Å². The van der Waals surface area contributed by atoms with Gasteiger partial charge >= 0.3 is 0 Å². The summed E-state index contributed by atoms with van der Waals surface area (Å²) in [6.45, 7) is 4.38. The minimum absolute atomic E-state index is 0.0890. The number of imidazole rings is 1. The van der Waals surface area contributed by atoms with Crippen molar-refractivity contribution in [2.75, 3.05) is 0 Å². The van der Waals surface area contributed by atoms with Crippen LogP contribution in [0.5, 0.6) is 0 Å². The first-order chi connectivity index (χ1) is 27.6. The fraction of sp³-hybridized carbons (Fsp3) is 0.0566. The van der Waals surface area contributed by atoms with Crippen molar-refractivity contribution in [1.82, 2.24) is 9.38 Å². The number of aromatic nitrogens is 2. The molecule has 9 rings (SSSR count). The fourth-order valence-electron chi connectivity index (χ4n) is 7.61. The van der Waals surface area contributed by atoms with Crippen LogP contribution >= 0.6 is 0 Å². The molecule has 0 radical (unpaired) electrons. The van der Waals surface area contributed by atoms with Crippen LogP contribution in [0.4, 0.5) is 5.69 Å². The van der Waals surface area contributed by atoms with Gasteiger partial charge in [0, 0.05) is 23.2 Å². The van der Waals surface area contributed by atoms with E-state index in [1.807, 2.05) is 6.07 Å². The standard InChI is InChI=1S/C53H41N3/c1-37-16-12-13-23-49(37)54-51(43-19-8-4-9-20-43)38(2)39-25-27-41(28-26-39)47-34-46(40-17-6-3-7-18-40)35-48(36-47)42-29-31-44(32-30-42)52-53(45-21-10-5-11-22-45)56-33-15-14-24-50(56)55-52/h3-36,38H,1-2H3. The molecule has 9 aromatic rings. The molecule has 0 spiro atoms. The average molecular weight is 720 g/mol. The zero-order chi connectivity index (χ0) is 37.8. The van der Waals surface area contributed by atoms with E-state index < -0.39 is 0 Å². The summed E-state index contributed by atoms with van der Waals surface area (Å²) >= 11 is 0. The first-order valence-corrected chi connectivity index (χ1v) is 19.2. The molecule has 0 fully saturated rings. The maximum Gasteiger partial charge on any atom is 0.137 e. The minimum atomic E-state index is 0.0890. The van der Waals surface area contributed by atoms with Crippen molar-refractivity contribution in [3.63, 3.8) is 0 Å². The number of nitrogens with zero attached hydrogens (tertiary/aromatic N) is 3. The number of aliphatic imine (C=N–C) groups is 1. The summed E-state index contributed by atoms with van der Waals surface area (Å²) in [4.78, 5) is 10.3. The van der Waals surface area contributed by atoms with Crippen molar-refractivity contribution in [1.29, 1.82) is 0 Å². The average Bonchev–Trinajstić information content (AvgIpc) is 3.67. The Hall–Kier alpha value is -7.10. The molecule has 0 N–H and O–H groups in total. The molecule has 2 heterocycles. The van der Waals surface area contributed by atoms with Crippen LogP contribution in [0.3, 0.4) is 0 Å². The summed E-state index contributed by atoms with van der Waals surface area (Å²) in [7, 11) is 0. The maximum absolute atomic E-state index is 5.24. The largest absolute Gasteiger partial charge is 0.299 e. The van der Waals surface area contributed by atoms with Gasteiger partial charge in [0.15, 0.2) is 0 Å². The van der Waals surface area contributed by atoms with E-state index in [0.29, 0.717) is 0 Å². The number of para-hydroxylation sites is 1. The molecule has 3 nitrogen and oxygen atoms in total. The van der Waals surface area contributed by atoms with E-state index in [9.17, 15) is 0 Å². The molecule has 0 amide bonds. The lowest BCUT2D eigenvalue weighted by Crippen LogP contribution is -2.11. The summed E-state index contributed by atoms with van der Waals surface area (Å²) < 4.78 is 2.18. The molecule has 0 bridgehead atoms. The van der Waals surface area contributed by atoms with Crippen molar-refractivity contribution in [2.45, 2.75) is 19.8 Å². The van der Waals surface area contributed by atoms with Crippen LogP contribution < -0.4 is 0 Å². The topological polar surface area (TPSA) is 29.7 Å². The van der Waals surface area contributed by atoms with E-state index in [-0.39, 0.29) is 5.92 Å². The highest BCUT2D eigenvalue weighted by Crippen LogP contribution is 2.37. The lowest BCUT2D eigenvalue weighted by Gasteiger charge is -2.18. The SMILES string of the molecule is Cc1ccccc1N=C(c1ccccc1)C(C)c1ccc(-c2cc(-c3ccccc3)cc(-c3ccc(-c4nc5ccccn5c4-c4ccccc4)cc3)c2)cc1. The maximum atomic E-state index is 5.24. The van der Waals surface area contributed by atoms with Crippen molar-refractivity contribution >= 4 is 17.0 Å². The number of hydrogen-bond acceptors (Lipinski definition) is 2. The van der Waals surface area contributed by atoms with Gasteiger partial charge < -0.3 is 0 Å². The third-order valence-corrected chi connectivity index (χ3v) is 10.7. The monoisotopic (exact) mass is 719 g/mol. The molecule has 56 heavy (non-hydrogen) atoms. The number of benzene rings is 7. The zero-order valence-electron chi connectivity index (χ0n) is 31.5. The Morgan fingerprint density at radius 1 is 0.482 bits per heavy atom. The van der Waals surface area contributed by atoms with Gasteiger partial charge in [-0.15, -0.1) is 0 Å². The molecule has 3 heteroatoms. The Balaban J connectivity index is 1.08. The van der Waals surface area contributed by atoms with Gasteiger partial charge in [0.25, 0.3) is 0 Å². The van der Waals surface area contributed by atoms with Crippen LogP contribution in [0, 0.1) is 6.92 Å². The van der Waals surface area contributed by atoms with Gasteiger partial charge in [0.2, 0.25) is 0 Å². The molecule has 0 aliphatic rings. The summed E-state index contributed by atoms with van der Waals surface area (Å²) in [5, 5.41) is 0. The van der Waals surface area contributed by atoms with E-state index in [0.717, 1.165) is 50.7 Å². The number of hydrogen-bond donors (Lipinski definition) is 0. The normalized spacial score (nSPS) is 12.1. The molecule has 7 aromatic carbocycles. The van der Waals surface area contributed by atoms with Gasteiger partial charge in [0.1, 0.15) is 5.65 Å². The van der Waals surface area contributed by atoms with Crippen molar-refractivity contribution in [2.24, 2.45) is 4.99 Å². The number of fused-ring (bicyclic) bond motifs is 1. The summed E-state index contributed by atoms with van der Waals surface area (Å²) in [5.74, 6) is 0.0890. The van der Waals surface area contributed by atoms with Gasteiger partial charge in [0.05, 0.1) is 22.8 Å². The van der Waals surface area contributed by atoms with Crippen molar-refractivity contribution < 1.29 is 0 Å². The molecule has 1 unspecified atom stereocenters. The highest BCUT2D eigenvalue weighted by molar-refractivity contribution is 6.06. The molecule has 268 valence electrons. The summed E-state index contributed by atoms with van der Waals surface area (Å²) in [5.41, 5.74) is 17.9. The zero-order valence-corrected chi connectivity index (χ0v) is 31.5. The molecule has 0 aliphatic carbocycles. The molecule has 1 atom stereocenters. The predicted octanol–water partition coefficient (Wildman–Crippen LogP) is 13.9. The van der Waals surface area contributed by atoms with E-state index in [1.165, 1.54) is 38.9 Å². The van der Waals surface area contributed by atoms with Crippen LogP contribution in [0.25, 0.3) is 61.5 Å². The molecular formula is C53H41N3. The first-order valence-electron chi connectivity index (χ1n) is 19.2. The van der Waals surface area contributed by atoms with Crippen LogP contribution in [0.15, 0.2) is 211 Å². The molecule has 0 aliphatic heterocycles. The summed E-state index contributed by atoms with van der Waals surface area (Å²) in [6.07, 6.45) is 2.09. The quantitative estimate of drug-likeness (QED) is 0.137. The Morgan fingerprint density at radius 2 is 0.982 bits per heavy atom. The highest BCUT2D eigenvalue weighted by Gasteiger charge is 2.18. The molecule has 0 saturated carbocycles. The second kappa shape index (κ2) is 15.3. The lowest BCUT2D eigenvalue weighted by molar-refractivity contribution is 1.02. The van der Waals surface area contributed by atoms with E-state index in [4.69, 9.17) is 9.98 Å². The van der Waals surface area contributed by atoms with Gasteiger partial charge in [-0.1, -0.05) is 171 Å². The number of rotatable bonds is 9. The fourth-order valence-corrected chi connectivity index (χ4v) is 7.61. The van der Waals surface area contributed by atoms with Crippen LogP contribution in [0.2, 0.25) is 0 Å². The third kappa shape index (κ3) is 6.99. The van der Waals surface area contributed by atoms with Crippen molar-refractivity contribution in [3.05, 3.63) is 223 Å². The van der Waals surface area contributed by atoms with E-state index in [1.54, 1.807) is 0 Å². The Labute approximate surface area is 329 Å². The van der Waals surface area contributed by atoms with E-state index >= 15 is 0 Å². The smallest absolute Gasteiger partial charge is 0.137 e. The van der Waals surface area contributed by atoms with Gasteiger partial charge in [-0.3, -0.25) is 9.39 Å². The number of pyridine rings is 1. The highest BCUT2D eigenvalue weighted by atomic mass is 15.0. The lowest BCUT2D eigenvalue weighted by atomic mass is 9.89. The molecule has 0 saturated heterocycles. The number of aryl methyl sites for hydroxylation is 1. The third-order valence-electron chi connectivity index (χ3n) is 10.7. The van der Waals surface area contributed by atoms with Crippen LogP contribution in [-0.2, 0) is 0 Å². The van der Waals surface area contributed by atoms with E-state index in [2.05, 4.69) is 219 Å².